The number of nitrogens with two attached hydrogens (primary N) is 2. The maximum atomic E-state index is 11.1. The van der Waals surface area contributed by atoms with Gasteiger partial charge in [-0.05, 0) is 12.8 Å². The van der Waals surface area contributed by atoms with Crippen LogP contribution in [0.15, 0.2) is 9.98 Å². The van der Waals surface area contributed by atoms with E-state index in [1.165, 1.54) is 19.1 Å². The van der Waals surface area contributed by atoms with E-state index in [2.05, 4.69) is 9.98 Å². The zero-order valence-electron chi connectivity index (χ0n) is 9.02. The van der Waals surface area contributed by atoms with Crippen LogP contribution in [-0.2, 0) is 4.79 Å². The number of aliphatic imine (C=N–C) groups is 2. The Morgan fingerprint density at radius 3 is 2.47 bits per heavy atom. The maximum absolute atomic E-state index is 11.1. The average molecular weight is 210 g/mol. The predicted octanol–water partition coefficient (Wildman–Crippen LogP) is 0.0883. The Balaban J connectivity index is 2.69. The summed E-state index contributed by atoms with van der Waals surface area (Å²) < 4.78 is 0. The lowest BCUT2D eigenvalue weighted by Gasteiger charge is -2.10. The van der Waals surface area contributed by atoms with Gasteiger partial charge in [-0.2, -0.15) is 0 Å². The van der Waals surface area contributed by atoms with E-state index in [1.54, 1.807) is 7.05 Å². The Kier molecular flexibility index (Phi) is 4.27. The Labute approximate surface area is 89.6 Å². The smallest absolute Gasteiger partial charge is 0.233 e. The summed E-state index contributed by atoms with van der Waals surface area (Å²) in [6.45, 7) is 0. The third-order valence-corrected chi connectivity index (χ3v) is 2.58. The van der Waals surface area contributed by atoms with Gasteiger partial charge < -0.3 is 11.5 Å². The van der Waals surface area contributed by atoms with Gasteiger partial charge in [-0.1, -0.05) is 12.8 Å². The second-order valence-electron chi connectivity index (χ2n) is 3.78. The van der Waals surface area contributed by atoms with Crippen LogP contribution in [0.5, 0.6) is 0 Å². The molecule has 1 saturated carbocycles. The van der Waals surface area contributed by atoms with Crippen LogP contribution in [0.25, 0.3) is 0 Å². The lowest BCUT2D eigenvalue weighted by atomic mass is 10.1. The zero-order chi connectivity index (χ0) is 11.3. The molecule has 0 aromatic rings. The number of hydrogen-bond donors (Lipinski definition) is 2. The van der Waals surface area contributed by atoms with Crippen molar-refractivity contribution in [2.45, 2.75) is 31.7 Å². The van der Waals surface area contributed by atoms with Crippen LogP contribution in [-0.4, -0.2) is 31.0 Å². The number of carbonyl (C=O) groups is 1. The summed E-state index contributed by atoms with van der Waals surface area (Å²) in [7, 11) is 1.58. The van der Waals surface area contributed by atoms with Gasteiger partial charge in [-0.25, -0.2) is 0 Å². The molecule has 15 heavy (non-hydrogen) atoms. The molecule has 1 rings (SSSR count). The van der Waals surface area contributed by atoms with Crippen molar-refractivity contribution < 1.29 is 4.79 Å². The number of primary amides is 1. The molecule has 0 saturated heterocycles. The number of rotatable bonds is 4. The molecule has 0 heterocycles. The van der Waals surface area contributed by atoms with Crippen LogP contribution in [0, 0.1) is 5.92 Å². The first-order valence-corrected chi connectivity index (χ1v) is 5.20. The third kappa shape index (κ3) is 3.34. The van der Waals surface area contributed by atoms with E-state index in [-0.39, 0.29) is 6.04 Å². The van der Waals surface area contributed by atoms with Gasteiger partial charge in [-0.3, -0.25) is 14.8 Å². The lowest BCUT2D eigenvalue weighted by Crippen LogP contribution is -2.37. The Morgan fingerprint density at radius 1 is 1.40 bits per heavy atom. The van der Waals surface area contributed by atoms with E-state index in [0.29, 0.717) is 5.84 Å². The summed E-state index contributed by atoms with van der Waals surface area (Å²) in [5, 5.41) is 0. The van der Waals surface area contributed by atoms with E-state index in [4.69, 9.17) is 11.5 Å². The van der Waals surface area contributed by atoms with Gasteiger partial charge in [0.1, 0.15) is 11.8 Å². The molecular weight excluding hydrogens is 192 g/mol. The molecule has 1 aliphatic rings. The highest BCUT2D eigenvalue weighted by Crippen LogP contribution is 2.21. The largest absolute Gasteiger partial charge is 0.386 e. The minimum Gasteiger partial charge on any atom is -0.386 e. The minimum atomic E-state index is -0.657. The van der Waals surface area contributed by atoms with Crippen molar-refractivity contribution in [3.63, 3.8) is 0 Å². The fourth-order valence-electron chi connectivity index (χ4n) is 1.77. The molecule has 0 bridgehead atoms. The van der Waals surface area contributed by atoms with E-state index in [9.17, 15) is 4.79 Å². The van der Waals surface area contributed by atoms with Crippen molar-refractivity contribution >= 4 is 18.0 Å². The summed E-state index contributed by atoms with van der Waals surface area (Å²) in [5.41, 5.74) is 10.9. The maximum Gasteiger partial charge on any atom is 0.233 e. The van der Waals surface area contributed by atoms with Crippen LogP contribution in [0.1, 0.15) is 25.7 Å². The molecule has 1 fully saturated rings. The molecule has 0 spiro atoms. The number of amides is 1. The van der Waals surface area contributed by atoms with E-state index < -0.39 is 11.8 Å². The Bertz CT molecular complexity index is 279. The van der Waals surface area contributed by atoms with Crippen LogP contribution in [0.3, 0.4) is 0 Å². The molecular formula is C10H18N4O. The standard InChI is InChI=1S/C10H18N4O/c1-13-6-8(10(12)15)9(11)14-7-4-2-3-5-7/h6-8H,2-5H2,1H3,(H2,11,14)(H2,12,15). The topological polar surface area (TPSA) is 93.8 Å². The minimum absolute atomic E-state index is 0.261. The van der Waals surface area contributed by atoms with Crippen LogP contribution < -0.4 is 11.5 Å². The highest BCUT2D eigenvalue weighted by atomic mass is 16.1. The molecule has 1 amide bonds. The van der Waals surface area contributed by atoms with E-state index >= 15 is 0 Å². The normalized spacial score (nSPS) is 21.0. The van der Waals surface area contributed by atoms with Gasteiger partial charge >= 0.3 is 0 Å². The van der Waals surface area contributed by atoms with Crippen molar-refractivity contribution in [1.82, 2.24) is 0 Å². The van der Waals surface area contributed by atoms with Gasteiger partial charge in [0.15, 0.2) is 0 Å². The molecule has 4 N–H and O–H groups in total. The van der Waals surface area contributed by atoms with Gasteiger partial charge in [0, 0.05) is 13.3 Å². The van der Waals surface area contributed by atoms with Crippen LogP contribution >= 0.6 is 0 Å². The second-order valence-corrected chi connectivity index (χ2v) is 3.78. The zero-order valence-corrected chi connectivity index (χ0v) is 9.02. The van der Waals surface area contributed by atoms with Gasteiger partial charge in [0.05, 0.1) is 6.04 Å². The number of hydrogen-bond acceptors (Lipinski definition) is 3. The summed E-state index contributed by atoms with van der Waals surface area (Å²) >= 11 is 0. The molecule has 5 nitrogen and oxygen atoms in total. The lowest BCUT2D eigenvalue weighted by molar-refractivity contribution is -0.118. The molecule has 0 aromatic heterocycles. The third-order valence-electron chi connectivity index (χ3n) is 2.58. The highest BCUT2D eigenvalue weighted by molar-refractivity contribution is 6.13. The highest BCUT2D eigenvalue weighted by Gasteiger charge is 2.20. The fraction of sp³-hybridized carbons (Fsp3) is 0.700. The van der Waals surface area contributed by atoms with Crippen molar-refractivity contribution in [2.24, 2.45) is 27.4 Å². The van der Waals surface area contributed by atoms with Crippen LogP contribution in [0.2, 0.25) is 0 Å². The molecule has 0 aromatic carbocycles. The summed E-state index contributed by atoms with van der Waals surface area (Å²) in [5.74, 6) is -0.865. The Morgan fingerprint density at radius 2 is 2.00 bits per heavy atom. The van der Waals surface area contributed by atoms with Crippen molar-refractivity contribution in [3.05, 3.63) is 0 Å². The SMILES string of the molecule is CN=CC(C(N)=O)C(N)=NC1CCCC1. The van der Waals surface area contributed by atoms with Gasteiger partial charge in [0.25, 0.3) is 0 Å². The molecule has 1 aliphatic carbocycles. The number of nitrogens with zero attached hydrogens (tertiary/aromatic N) is 2. The number of amidine groups is 1. The predicted molar refractivity (Wildman–Crippen MR) is 61.0 cm³/mol. The molecule has 1 unspecified atom stereocenters. The first kappa shape index (κ1) is 11.7. The van der Waals surface area contributed by atoms with Gasteiger partial charge in [0.2, 0.25) is 5.91 Å². The Hall–Kier alpha value is -1.39. The number of carbonyl (C=O) groups excluding carboxylic acids is 1. The molecule has 1 atom stereocenters. The summed E-state index contributed by atoms with van der Waals surface area (Å²) in [6.07, 6.45) is 5.91. The molecule has 5 heteroatoms. The van der Waals surface area contributed by atoms with Gasteiger partial charge in [-0.15, -0.1) is 0 Å². The second kappa shape index (κ2) is 5.48. The van der Waals surface area contributed by atoms with Crippen molar-refractivity contribution in [1.29, 1.82) is 0 Å². The summed E-state index contributed by atoms with van der Waals surface area (Å²) in [6, 6.07) is 0.261. The van der Waals surface area contributed by atoms with Crippen LogP contribution in [0.4, 0.5) is 0 Å². The first-order chi connectivity index (χ1) is 7.15. The van der Waals surface area contributed by atoms with E-state index in [0.717, 1.165) is 12.8 Å². The monoisotopic (exact) mass is 210 g/mol. The average Bonchev–Trinajstić information content (AvgIpc) is 2.65. The van der Waals surface area contributed by atoms with Crippen molar-refractivity contribution in [3.8, 4) is 0 Å². The van der Waals surface area contributed by atoms with E-state index in [1.807, 2.05) is 0 Å². The quantitative estimate of drug-likeness (QED) is 0.508. The molecule has 0 radical (unpaired) electrons. The van der Waals surface area contributed by atoms with Crippen molar-refractivity contribution in [2.75, 3.05) is 7.05 Å². The first-order valence-electron chi connectivity index (χ1n) is 5.20. The summed E-state index contributed by atoms with van der Waals surface area (Å²) in [4.78, 5) is 19.2. The molecule has 84 valence electrons. The molecule has 0 aliphatic heterocycles. The fourth-order valence-corrected chi connectivity index (χ4v) is 1.77.